The van der Waals surface area contributed by atoms with Crippen molar-refractivity contribution >= 4 is 26.9 Å². The van der Waals surface area contributed by atoms with Gasteiger partial charge in [0.25, 0.3) is 0 Å². The van der Waals surface area contributed by atoms with Crippen molar-refractivity contribution in [3.05, 3.63) is 12.2 Å². The molecule has 0 unspecified atom stereocenters. The van der Waals surface area contributed by atoms with E-state index in [1.807, 2.05) is 0 Å². The molecule has 0 atom stereocenters. The molecule has 0 fully saturated rings. The molecule has 88 valence electrons. The molecule has 0 aromatic rings. The molecule has 0 aliphatic carbocycles. The second kappa shape index (κ2) is 7.03. The van der Waals surface area contributed by atoms with Crippen LogP contribution in [0, 0.1) is 0 Å². The fourth-order valence-electron chi connectivity index (χ4n) is 0.773. The van der Waals surface area contributed by atoms with E-state index in [4.69, 9.17) is 0 Å². The average molecular weight is 251 g/mol. The topological polar surface area (TPSA) is 63.2 Å². The minimum absolute atomic E-state index is 0.00562. The van der Waals surface area contributed by atoms with Gasteiger partial charge in [0.15, 0.2) is 0 Å². The van der Waals surface area contributed by atoms with Crippen LogP contribution < -0.4 is 4.72 Å². The molecular weight excluding hydrogens is 234 g/mol. The molecule has 0 saturated carbocycles. The lowest BCUT2D eigenvalue weighted by Gasteiger charge is -2.02. The summed E-state index contributed by atoms with van der Waals surface area (Å²) in [6.07, 6.45) is 2.68. The lowest BCUT2D eigenvalue weighted by atomic mass is 10.3. The van der Waals surface area contributed by atoms with Crippen molar-refractivity contribution in [3.8, 4) is 0 Å². The van der Waals surface area contributed by atoms with Crippen molar-refractivity contribution in [3.63, 3.8) is 0 Å². The normalized spacial score (nSPS) is 11.3. The minimum Gasteiger partial charge on any atom is -0.282 e. The monoisotopic (exact) mass is 251 g/mol. The van der Waals surface area contributed by atoms with Crippen LogP contribution >= 0.6 is 11.8 Å². The van der Waals surface area contributed by atoms with Crippen molar-refractivity contribution < 1.29 is 13.2 Å². The molecule has 0 aromatic carbocycles. The first kappa shape index (κ1) is 14.7. The molecule has 15 heavy (non-hydrogen) atoms. The number of carbonyl (C=O) groups is 1. The van der Waals surface area contributed by atoms with E-state index in [0.717, 1.165) is 19.1 Å². The van der Waals surface area contributed by atoms with E-state index in [1.54, 1.807) is 6.92 Å². The van der Waals surface area contributed by atoms with Crippen LogP contribution in [-0.2, 0) is 14.8 Å². The Morgan fingerprint density at radius 3 is 2.47 bits per heavy atom. The first-order valence-corrected chi connectivity index (χ1v) is 7.48. The van der Waals surface area contributed by atoms with Crippen molar-refractivity contribution in [1.29, 1.82) is 0 Å². The van der Waals surface area contributed by atoms with Gasteiger partial charge in [-0.05, 0) is 25.3 Å². The van der Waals surface area contributed by atoms with Gasteiger partial charge in [0.05, 0.1) is 6.26 Å². The smallest absolute Gasteiger partial charge is 0.214 e. The molecule has 6 heteroatoms. The molecule has 4 nitrogen and oxygen atoms in total. The Morgan fingerprint density at radius 1 is 1.40 bits per heavy atom. The Kier molecular flexibility index (Phi) is 6.87. The molecule has 0 bridgehead atoms. The van der Waals surface area contributed by atoms with Gasteiger partial charge in [-0.25, -0.2) is 13.1 Å². The van der Waals surface area contributed by atoms with E-state index in [9.17, 15) is 13.2 Å². The van der Waals surface area contributed by atoms with Gasteiger partial charge in [-0.15, -0.1) is 0 Å². The summed E-state index contributed by atoms with van der Waals surface area (Å²) >= 11 is 1.23. The van der Waals surface area contributed by atoms with E-state index >= 15 is 0 Å². The number of hydrogen-bond acceptors (Lipinski definition) is 4. The van der Waals surface area contributed by atoms with Gasteiger partial charge in [0, 0.05) is 12.3 Å². The maximum absolute atomic E-state index is 11.1. The second-order valence-electron chi connectivity index (χ2n) is 3.29. The predicted molar refractivity (Wildman–Crippen MR) is 64.4 cm³/mol. The first-order chi connectivity index (χ1) is 6.83. The van der Waals surface area contributed by atoms with Crippen molar-refractivity contribution in [1.82, 2.24) is 4.72 Å². The molecule has 0 rings (SSSR count). The number of hydrogen-bond donors (Lipinski definition) is 1. The Balaban J connectivity index is 3.41. The largest absolute Gasteiger partial charge is 0.282 e. The van der Waals surface area contributed by atoms with Crippen LogP contribution in [-0.4, -0.2) is 32.1 Å². The number of nitrogens with one attached hydrogen (secondary N) is 1. The fourth-order valence-corrected chi connectivity index (χ4v) is 2.07. The molecule has 0 aromatic heterocycles. The quantitative estimate of drug-likeness (QED) is 0.544. The fraction of sp³-hybridized carbons (Fsp3) is 0.667. The zero-order chi connectivity index (χ0) is 11.9. The van der Waals surface area contributed by atoms with Gasteiger partial charge in [-0.3, -0.25) is 4.79 Å². The number of unbranched alkanes of at least 4 members (excludes halogenated alkanes) is 1. The summed E-state index contributed by atoms with van der Waals surface area (Å²) in [7, 11) is -3.08. The summed E-state index contributed by atoms with van der Waals surface area (Å²) in [5, 5.41) is 0.00562. The lowest BCUT2D eigenvalue weighted by Crippen LogP contribution is -2.22. The predicted octanol–water partition coefficient (Wildman–Crippen LogP) is 1.15. The third-order valence-electron chi connectivity index (χ3n) is 1.52. The van der Waals surface area contributed by atoms with E-state index < -0.39 is 10.0 Å². The van der Waals surface area contributed by atoms with E-state index in [-0.39, 0.29) is 5.12 Å². The Bertz CT molecular complexity index is 322. The summed E-state index contributed by atoms with van der Waals surface area (Å²) in [5.41, 5.74) is 0.550. The Labute approximate surface area is 95.6 Å². The van der Waals surface area contributed by atoms with E-state index in [2.05, 4.69) is 11.3 Å². The third-order valence-corrected chi connectivity index (χ3v) is 3.35. The Morgan fingerprint density at radius 2 is 2.00 bits per heavy atom. The van der Waals surface area contributed by atoms with Gasteiger partial charge in [-0.1, -0.05) is 18.3 Å². The molecule has 0 radical (unpaired) electrons. The molecular formula is C9H17NO3S2. The first-order valence-electron chi connectivity index (χ1n) is 4.60. The zero-order valence-corrected chi connectivity index (χ0v) is 10.7. The van der Waals surface area contributed by atoms with Crippen LogP contribution in [0.5, 0.6) is 0 Å². The lowest BCUT2D eigenvalue weighted by molar-refractivity contribution is -0.107. The molecule has 0 heterocycles. The molecule has 1 N–H and O–H groups in total. The van der Waals surface area contributed by atoms with Gasteiger partial charge < -0.3 is 0 Å². The summed E-state index contributed by atoms with van der Waals surface area (Å²) in [4.78, 5) is 11.1. The third kappa shape index (κ3) is 9.96. The molecule has 0 saturated heterocycles. The summed E-state index contributed by atoms with van der Waals surface area (Å²) in [5.74, 6) is 0.705. The number of rotatable bonds is 7. The summed E-state index contributed by atoms with van der Waals surface area (Å²) < 4.78 is 23.8. The SMILES string of the molecule is C=C(C)C(=O)SCCCCNS(C)(=O)=O. The highest BCUT2D eigenvalue weighted by Gasteiger charge is 2.03. The molecule has 0 amide bonds. The zero-order valence-electron chi connectivity index (χ0n) is 9.08. The standard InChI is InChI=1S/C9H17NO3S2/c1-8(2)9(11)14-7-5-4-6-10-15(3,12)13/h10H,1,4-7H2,2-3H3. The number of thioether (sulfide) groups is 1. The summed E-state index contributed by atoms with van der Waals surface area (Å²) in [6, 6.07) is 0. The van der Waals surface area contributed by atoms with Crippen LogP contribution in [0.4, 0.5) is 0 Å². The van der Waals surface area contributed by atoms with Gasteiger partial charge >= 0.3 is 0 Å². The molecule has 0 aliphatic heterocycles. The Hall–Kier alpha value is -0.330. The van der Waals surface area contributed by atoms with Crippen molar-refractivity contribution in [2.45, 2.75) is 19.8 Å². The molecule has 0 aliphatic rings. The second-order valence-corrected chi connectivity index (χ2v) is 6.19. The van der Waals surface area contributed by atoms with Crippen LogP contribution in [0.3, 0.4) is 0 Å². The van der Waals surface area contributed by atoms with Gasteiger partial charge in [0.2, 0.25) is 15.1 Å². The van der Waals surface area contributed by atoms with E-state index in [1.165, 1.54) is 11.8 Å². The highest BCUT2D eigenvalue weighted by atomic mass is 32.2. The van der Waals surface area contributed by atoms with Crippen molar-refractivity contribution in [2.75, 3.05) is 18.6 Å². The maximum Gasteiger partial charge on any atom is 0.214 e. The van der Waals surface area contributed by atoms with E-state index in [0.29, 0.717) is 17.9 Å². The van der Waals surface area contributed by atoms with Crippen LogP contribution in [0.2, 0.25) is 0 Å². The van der Waals surface area contributed by atoms with Crippen LogP contribution in [0.15, 0.2) is 12.2 Å². The highest BCUT2D eigenvalue weighted by Crippen LogP contribution is 2.10. The van der Waals surface area contributed by atoms with Gasteiger partial charge in [-0.2, -0.15) is 0 Å². The minimum atomic E-state index is -3.08. The van der Waals surface area contributed by atoms with Gasteiger partial charge in [0.1, 0.15) is 0 Å². The summed E-state index contributed by atoms with van der Waals surface area (Å²) in [6.45, 7) is 5.65. The number of carbonyl (C=O) groups excluding carboxylic acids is 1. The van der Waals surface area contributed by atoms with Crippen LogP contribution in [0.1, 0.15) is 19.8 Å². The van der Waals surface area contributed by atoms with Crippen molar-refractivity contribution in [2.24, 2.45) is 0 Å². The maximum atomic E-state index is 11.1. The highest BCUT2D eigenvalue weighted by molar-refractivity contribution is 8.14. The average Bonchev–Trinajstić information content (AvgIpc) is 2.08. The van der Waals surface area contributed by atoms with Crippen LogP contribution in [0.25, 0.3) is 0 Å². The molecule has 0 spiro atoms. The number of sulfonamides is 1.